The Kier molecular flexibility index (Phi) is 6.81. The molecule has 3 rings (SSSR count). The molecule has 1 aliphatic rings. The highest BCUT2D eigenvalue weighted by Gasteiger charge is 2.20. The number of benzene rings is 2. The second kappa shape index (κ2) is 9.50. The number of hydrogen-bond acceptors (Lipinski definition) is 4. The molecule has 0 aromatic heterocycles. The van der Waals surface area contributed by atoms with Crippen molar-refractivity contribution >= 4 is 17.7 Å². The van der Waals surface area contributed by atoms with E-state index in [0.29, 0.717) is 25.7 Å². The Balaban J connectivity index is 1.52. The predicted molar refractivity (Wildman–Crippen MR) is 108 cm³/mol. The van der Waals surface area contributed by atoms with E-state index in [1.807, 2.05) is 36.6 Å². The van der Waals surface area contributed by atoms with Gasteiger partial charge in [-0.3, -0.25) is 4.99 Å². The summed E-state index contributed by atoms with van der Waals surface area (Å²) < 4.78 is 25.1. The fourth-order valence-corrected chi connectivity index (χ4v) is 3.41. The van der Waals surface area contributed by atoms with E-state index in [1.165, 1.54) is 6.07 Å². The lowest BCUT2D eigenvalue weighted by molar-refractivity contribution is 0.0936. The molecule has 0 aliphatic carbocycles. The number of aliphatic imine (C=N–C) groups is 1. The fourth-order valence-electron chi connectivity index (χ4n) is 2.83. The van der Waals surface area contributed by atoms with Gasteiger partial charge in [-0.05, 0) is 41.6 Å². The maximum Gasteiger partial charge on any atom is 0.191 e. The van der Waals surface area contributed by atoms with Gasteiger partial charge in [0.15, 0.2) is 17.5 Å². The minimum atomic E-state index is -0.208. The zero-order chi connectivity index (χ0) is 19.1. The van der Waals surface area contributed by atoms with Gasteiger partial charge < -0.3 is 20.1 Å². The lowest BCUT2D eigenvalue weighted by Crippen LogP contribution is -2.45. The second-order valence-corrected chi connectivity index (χ2v) is 7.02. The molecule has 0 amide bonds. The van der Waals surface area contributed by atoms with Crippen molar-refractivity contribution in [2.45, 2.75) is 18.4 Å². The van der Waals surface area contributed by atoms with Crippen LogP contribution >= 0.6 is 11.8 Å². The Morgan fingerprint density at radius 2 is 2.00 bits per heavy atom. The molecule has 1 heterocycles. The first-order valence-electron chi connectivity index (χ1n) is 8.79. The topological polar surface area (TPSA) is 54.9 Å². The van der Waals surface area contributed by atoms with Gasteiger partial charge in [0.25, 0.3) is 0 Å². The molecule has 1 aliphatic heterocycles. The molecule has 7 heteroatoms. The van der Waals surface area contributed by atoms with Crippen LogP contribution in [0.25, 0.3) is 0 Å². The maximum absolute atomic E-state index is 13.5. The van der Waals surface area contributed by atoms with Crippen LogP contribution in [0.1, 0.15) is 11.1 Å². The third-order valence-corrected chi connectivity index (χ3v) is 4.80. The Bertz CT molecular complexity index is 801. The molecule has 0 bridgehead atoms. The Labute approximate surface area is 163 Å². The molecule has 27 heavy (non-hydrogen) atoms. The molecule has 1 unspecified atom stereocenters. The SMILES string of the molecule is CN=C(NCc1ccc(F)cc1CSC)NCC1COc2ccccc2O1. The highest BCUT2D eigenvalue weighted by Crippen LogP contribution is 2.30. The molecular formula is C20H24FN3O2S. The quantitative estimate of drug-likeness (QED) is 0.587. The molecule has 1 atom stereocenters. The number of nitrogens with zero attached hydrogens (tertiary/aromatic N) is 1. The molecule has 0 fully saturated rings. The Hall–Kier alpha value is -2.41. The van der Waals surface area contributed by atoms with Gasteiger partial charge in [0.2, 0.25) is 0 Å². The standard InChI is InChI=1S/C20H24FN3O2S/c1-22-20(23-10-14-7-8-16(21)9-15(14)13-27-2)24-11-17-12-25-18-5-3-4-6-19(18)26-17/h3-9,17H,10-13H2,1-2H3,(H2,22,23,24). The van der Waals surface area contributed by atoms with Gasteiger partial charge in [0, 0.05) is 19.3 Å². The van der Waals surface area contributed by atoms with Gasteiger partial charge in [-0.2, -0.15) is 11.8 Å². The van der Waals surface area contributed by atoms with Crippen molar-refractivity contribution in [2.75, 3.05) is 26.5 Å². The van der Waals surface area contributed by atoms with E-state index in [-0.39, 0.29) is 11.9 Å². The number of rotatable bonds is 6. The number of nitrogens with one attached hydrogen (secondary N) is 2. The van der Waals surface area contributed by atoms with E-state index >= 15 is 0 Å². The molecule has 2 aromatic carbocycles. The summed E-state index contributed by atoms with van der Waals surface area (Å²) in [5.41, 5.74) is 2.05. The molecule has 0 saturated carbocycles. The van der Waals surface area contributed by atoms with Crippen molar-refractivity contribution < 1.29 is 13.9 Å². The summed E-state index contributed by atoms with van der Waals surface area (Å²) in [6.07, 6.45) is 1.91. The Morgan fingerprint density at radius 1 is 1.19 bits per heavy atom. The number of fused-ring (bicyclic) bond motifs is 1. The maximum atomic E-state index is 13.5. The van der Waals surface area contributed by atoms with Crippen molar-refractivity contribution in [3.8, 4) is 11.5 Å². The van der Waals surface area contributed by atoms with E-state index in [1.54, 1.807) is 24.9 Å². The van der Waals surface area contributed by atoms with Crippen LogP contribution in [-0.4, -0.2) is 38.5 Å². The normalized spacial score (nSPS) is 16.1. The van der Waals surface area contributed by atoms with Gasteiger partial charge in [-0.1, -0.05) is 18.2 Å². The highest BCUT2D eigenvalue weighted by atomic mass is 32.2. The van der Waals surface area contributed by atoms with E-state index in [0.717, 1.165) is 28.4 Å². The zero-order valence-corrected chi connectivity index (χ0v) is 16.3. The van der Waals surface area contributed by atoms with E-state index in [4.69, 9.17) is 9.47 Å². The van der Waals surface area contributed by atoms with E-state index < -0.39 is 0 Å². The van der Waals surface area contributed by atoms with Gasteiger partial charge >= 0.3 is 0 Å². The highest BCUT2D eigenvalue weighted by molar-refractivity contribution is 7.97. The van der Waals surface area contributed by atoms with E-state index in [2.05, 4.69) is 15.6 Å². The first kappa shape index (κ1) is 19.4. The summed E-state index contributed by atoms with van der Waals surface area (Å²) >= 11 is 1.67. The summed E-state index contributed by atoms with van der Waals surface area (Å²) in [5, 5.41) is 6.53. The summed E-state index contributed by atoms with van der Waals surface area (Å²) in [5.74, 6) is 2.75. The molecule has 144 valence electrons. The number of ether oxygens (including phenoxy) is 2. The number of para-hydroxylation sites is 2. The number of halogens is 1. The second-order valence-electron chi connectivity index (χ2n) is 6.15. The van der Waals surface area contributed by atoms with Crippen LogP contribution in [0.2, 0.25) is 0 Å². The molecule has 0 radical (unpaired) electrons. The van der Waals surface area contributed by atoms with Crippen molar-refractivity contribution in [2.24, 2.45) is 4.99 Å². The minimum absolute atomic E-state index is 0.101. The molecule has 2 N–H and O–H groups in total. The summed E-state index contributed by atoms with van der Waals surface area (Å²) in [4.78, 5) is 4.24. The summed E-state index contributed by atoms with van der Waals surface area (Å²) in [7, 11) is 1.72. The number of thioether (sulfide) groups is 1. The summed E-state index contributed by atoms with van der Waals surface area (Å²) in [6, 6.07) is 12.5. The molecule has 0 spiro atoms. The van der Waals surface area contributed by atoms with Crippen LogP contribution < -0.4 is 20.1 Å². The molecular weight excluding hydrogens is 365 g/mol. The van der Waals surface area contributed by atoms with Gasteiger partial charge in [0.1, 0.15) is 18.5 Å². The van der Waals surface area contributed by atoms with Crippen molar-refractivity contribution in [3.63, 3.8) is 0 Å². The third kappa shape index (κ3) is 5.29. The van der Waals surface area contributed by atoms with Crippen LogP contribution in [0.5, 0.6) is 11.5 Å². The smallest absolute Gasteiger partial charge is 0.191 e. The van der Waals surface area contributed by atoms with Gasteiger partial charge in [0.05, 0.1) is 6.54 Å². The monoisotopic (exact) mass is 389 g/mol. The van der Waals surface area contributed by atoms with Crippen LogP contribution in [0.15, 0.2) is 47.5 Å². The lowest BCUT2D eigenvalue weighted by Gasteiger charge is -2.27. The molecule has 5 nitrogen and oxygen atoms in total. The minimum Gasteiger partial charge on any atom is -0.486 e. The number of hydrogen-bond donors (Lipinski definition) is 2. The van der Waals surface area contributed by atoms with Crippen molar-refractivity contribution in [1.29, 1.82) is 0 Å². The summed E-state index contributed by atoms with van der Waals surface area (Å²) in [6.45, 7) is 1.62. The van der Waals surface area contributed by atoms with Crippen LogP contribution in [0, 0.1) is 5.82 Å². The van der Waals surface area contributed by atoms with Gasteiger partial charge in [-0.15, -0.1) is 0 Å². The Morgan fingerprint density at radius 3 is 2.78 bits per heavy atom. The van der Waals surface area contributed by atoms with Crippen LogP contribution in [0.4, 0.5) is 4.39 Å². The fraction of sp³-hybridized carbons (Fsp3) is 0.350. The van der Waals surface area contributed by atoms with Crippen molar-refractivity contribution in [1.82, 2.24) is 10.6 Å². The number of guanidine groups is 1. The molecule has 0 saturated heterocycles. The zero-order valence-electron chi connectivity index (χ0n) is 15.5. The average Bonchev–Trinajstić information content (AvgIpc) is 2.69. The van der Waals surface area contributed by atoms with Crippen LogP contribution in [0.3, 0.4) is 0 Å². The largest absolute Gasteiger partial charge is 0.486 e. The lowest BCUT2D eigenvalue weighted by atomic mass is 10.1. The first-order valence-corrected chi connectivity index (χ1v) is 10.2. The average molecular weight is 389 g/mol. The van der Waals surface area contributed by atoms with Crippen LogP contribution in [-0.2, 0) is 12.3 Å². The van der Waals surface area contributed by atoms with E-state index in [9.17, 15) is 4.39 Å². The first-order chi connectivity index (χ1) is 13.2. The third-order valence-electron chi connectivity index (χ3n) is 4.20. The van der Waals surface area contributed by atoms with Gasteiger partial charge in [-0.25, -0.2) is 4.39 Å². The molecule has 2 aromatic rings. The van der Waals surface area contributed by atoms with Crippen molar-refractivity contribution in [3.05, 3.63) is 59.4 Å². The predicted octanol–water partition coefficient (Wildman–Crippen LogP) is 3.19.